The lowest BCUT2D eigenvalue weighted by Gasteiger charge is -2.36. The van der Waals surface area contributed by atoms with Crippen molar-refractivity contribution < 1.29 is 14.7 Å². The van der Waals surface area contributed by atoms with Gasteiger partial charge in [0, 0.05) is 25.0 Å². The largest absolute Gasteiger partial charge is 0.481 e. The van der Waals surface area contributed by atoms with Crippen molar-refractivity contribution in [2.45, 2.75) is 58.5 Å². The van der Waals surface area contributed by atoms with Crippen molar-refractivity contribution in [2.75, 3.05) is 6.54 Å². The highest BCUT2D eigenvalue weighted by atomic mass is 16.4. The van der Waals surface area contributed by atoms with Gasteiger partial charge in [-0.15, -0.1) is 0 Å². The normalized spacial score (nSPS) is 22.4. The number of nitrogens with one attached hydrogen (secondary N) is 1. The van der Waals surface area contributed by atoms with Gasteiger partial charge in [-0.05, 0) is 39.0 Å². The van der Waals surface area contributed by atoms with E-state index in [9.17, 15) is 9.59 Å². The molecule has 18 heavy (non-hydrogen) atoms. The molecule has 1 fully saturated rings. The van der Waals surface area contributed by atoms with Gasteiger partial charge in [-0.2, -0.15) is 0 Å². The Hall–Kier alpha value is -1.26. The highest BCUT2D eigenvalue weighted by Crippen LogP contribution is 2.26. The van der Waals surface area contributed by atoms with Crippen LogP contribution in [0.4, 0.5) is 4.79 Å². The predicted molar refractivity (Wildman–Crippen MR) is 69.4 cm³/mol. The zero-order chi connectivity index (χ0) is 13.7. The van der Waals surface area contributed by atoms with Crippen LogP contribution in [0.15, 0.2) is 0 Å². The number of carbonyl (C=O) groups excluding carboxylic acids is 1. The molecule has 2 amide bonds. The van der Waals surface area contributed by atoms with E-state index in [-0.39, 0.29) is 18.5 Å². The van der Waals surface area contributed by atoms with E-state index in [1.807, 2.05) is 13.8 Å². The molecule has 0 spiro atoms. The molecule has 1 saturated carbocycles. The average molecular weight is 256 g/mol. The van der Waals surface area contributed by atoms with Crippen LogP contribution in [-0.2, 0) is 4.79 Å². The second-order valence-electron chi connectivity index (χ2n) is 5.51. The summed E-state index contributed by atoms with van der Waals surface area (Å²) in [6.07, 6.45) is 2.71. The van der Waals surface area contributed by atoms with Crippen molar-refractivity contribution in [3.63, 3.8) is 0 Å². The number of carbonyl (C=O) groups is 2. The lowest BCUT2D eigenvalue weighted by Crippen LogP contribution is -2.51. The van der Waals surface area contributed by atoms with Crippen molar-refractivity contribution in [3.05, 3.63) is 0 Å². The van der Waals surface area contributed by atoms with Crippen molar-refractivity contribution >= 4 is 12.0 Å². The van der Waals surface area contributed by atoms with Gasteiger partial charge in [0.05, 0.1) is 0 Å². The third-order valence-electron chi connectivity index (χ3n) is 3.38. The molecular formula is C13H24N2O3. The fraction of sp³-hybridized carbons (Fsp3) is 0.846. The number of hydrogen-bond donors (Lipinski definition) is 2. The first-order chi connectivity index (χ1) is 8.40. The van der Waals surface area contributed by atoms with Gasteiger partial charge in [0.1, 0.15) is 0 Å². The second-order valence-corrected chi connectivity index (χ2v) is 5.51. The fourth-order valence-corrected chi connectivity index (χ4v) is 2.27. The van der Waals surface area contributed by atoms with E-state index in [1.165, 1.54) is 0 Å². The molecule has 0 heterocycles. The molecule has 0 aliphatic heterocycles. The summed E-state index contributed by atoms with van der Waals surface area (Å²) in [6, 6.07) is 0.330. The Morgan fingerprint density at radius 2 is 2.00 bits per heavy atom. The van der Waals surface area contributed by atoms with Crippen LogP contribution in [0.1, 0.15) is 46.5 Å². The van der Waals surface area contributed by atoms with Crippen LogP contribution in [-0.4, -0.2) is 40.6 Å². The topological polar surface area (TPSA) is 69.6 Å². The average Bonchev–Trinajstić information content (AvgIpc) is 2.21. The molecule has 2 N–H and O–H groups in total. The molecule has 5 nitrogen and oxygen atoms in total. The van der Waals surface area contributed by atoms with E-state index in [1.54, 1.807) is 4.90 Å². The van der Waals surface area contributed by atoms with E-state index < -0.39 is 5.97 Å². The molecule has 1 aliphatic rings. The van der Waals surface area contributed by atoms with Gasteiger partial charge in [0.2, 0.25) is 0 Å². The summed E-state index contributed by atoms with van der Waals surface area (Å²) in [6.45, 7) is 6.57. The SMILES string of the molecule is CC1CC(NC(=O)N(CCCC(=O)O)C(C)C)C1. The summed E-state index contributed by atoms with van der Waals surface area (Å²) in [5.74, 6) is -0.109. The summed E-state index contributed by atoms with van der Waals surface area (Å²) in [5, 5.41) is 11.6. The van der Waals surface area contributed by atoms with Crippen LogP contribution in [0.3, 0.4) is 0 Å². The first-order valence-electron chi connectivity index (χ1n) is 6.69. The zero-order valence-electron chi connectivity index (χ0n) is 11.5. The van der Waals surface area contributed by atoms with Crippen LogP contribution in [0.25, 0.3) is 0 Å². The number of aliphatic carboxylic acids is 1. The Bertz CT molecular complexity index is 299. The smallest absolute Gasteiger partial charge is 0.317 e. The Balaban J connectivity index is 2.35. The van der Waals surface area contributed by atoms with Crippen molar-refractivity contribution in [2.24, 2.45) is 5.92 Å². The summed E-state index contributed by atoms with van der Waals surface area (Å²) >= 11 is 0. The Kier molecular flexibility index (Phi) is 5.44. The zero-order valence-corrected chi connectivity index (χ0v) is 11.5. The van der Waals surface area contributed by atoms with Crippen LogP contribution >= 0.6 is 0 Å². The summed E-state index contributed by atoms with van der Waals surface area (Å²) < 4.78 is 0. The first kappa shape index (κ1) is 14.8. The molecular weight excluding hydrogens is 232 g/mol. The predicted octanol–water partition coefficient (Wildman–Crippen LogP) is 2.07. The lowest BCUT2D eigenvalue weighted by atomic mass is 9.82. The first-order valence-corrected chi connectivity index (χ1v) is 6.69. The minimum Gasteiger partial charge on any atom is -0.481 e. The molecule has 0 aromatic heterocycles. The fourth-order valence-electron chi connectivity index (χ4n) is 2.27. The van der Waals surface area contributed by atoms with Gasteiger partial charge in [-0.25, -0.2) is 4.79 Å². The van der Waals surface area contributed by atoms with Gasteiger partial charge < -0.3 is 15.3 Å². The molecule has 1 aliphatic carbocycles. The van der Waals surface area contributed by atoms with Crippen LogP contribution in [0.5, 0.6) is 0 Å². The molecule has 1 rings (SSSR count). The molecule has 0 saturated heterocycles. The number of rotatable bonds is 6. The van der Waals surface area contributed by atoms with Crippen LogP contribution in [0, 0.1) is 5.92 Å². The number of carboxylic acids is 1. The highest BCUT2D eigenvalue weighted by Gasteiger charge is 2.28. The number of carboxylic acid groups (broad SMARTS) is 1. The molecule has 0 unspecified atom stereocenters. The molecule has 5 heteroatoms. The van der Waals surface area contributed by atoms with Crippen molar-refractivity contribution in [3.8, 4) is 0 Å². The number of urea groups is 1. The van der Waals surface area contributed by atoms with Gasteiger partial charge in [-0.3, -0.25) is 4.79 Å². The monoisotopic (exact) mass is 256 g/mol. The number of hydrogen-bond acceptors (Lipinski definition) is 2. The Labute approximate surface area is 109 Å². The number of nitrogens with zero attached hydrogens (tertiary/aromatic N) is 1. The maximum Gasteiger partial charge on any atom is 0.317 e. The van der Waals surface area contributed by atoms with E-state index in [2.05, 4.69) is 12.2 Å². The number of amides is 2. The maximum absolute atomic E-state index is 12.0. The minimum absolute atomic E-state index is 0.0627. The third kappa shape index (κ3) is 4.55. The van der Waals surface area contributed by atoms with E-state index in [4.69, 9.17) is 5.11 Å². The highest BCUT2D eigenvalue weighted by molar-refractivity contribution is 5.75. The summed E-state index contributed by atoms with van der Waals surface area (Å²) in [4.78, 5) is 24.2. The lowest BCUT2D eigenvalue weighted by molar-refractivity contribution is -0.137. The molecule has 0 aromatic carbocycles. The van der Waals surface area contributed by atoms with Gasteiger partial charge >= 0.3 is 12.0 Å². The van der Waals surface area contributed by atoms with E-state index >= 15 is 0 Å². The van der Waals surface area contributed by atoms with E-state index in [0.29, 0.717) is 24.9 Å². The minimum atomic E-state index is -0.813. The molecule has 104 valence electrons. The standard InChI is InChI=1S/C13H24N2O3/c1-9(2)15(6-4-5-12(16)17)13(18)14-11-7-10(3)8-11/h9-11H,4-8H2,1-3H3,(H,14,18)(H,16,17). The Morgan fingerprint density at radius 1 is 1.39 bits per heavy atom. The Morgan fingerprint density at radius 3 is 2.44 bits per heavy atom. The van der Waals surface area contributed by atoms with Crippen molar-refractivity contribution in [1.29, 1.82) is 0 Å². The molecule has 0 aromatic rings. The van der Waals surface area contributed by atoms with Crippen LogP contribution in [0.2, 0.25) is 0 Å². The van der Waals surface area contributed by atoms with E-state index in [0.717, 1.165) is 12.8 Å². The quantitative estimate of drug-likeness (QED) is 0.764. The van der Waals surface area contributed by atoms with Crippen LogP contribution < -0.4 is 5.32 Å². The maximum atomic E-state index is 12.0. The van der Waals surface area contributed by atoms with Gasteiger partial charge in [0.15, 0.2) is 0 Å². The third-order valence-corrected chi connectivity index (χ3v) is 3.38. The van der Waals surface area contributed by atoms with Gasteiger partial charge in [0.25, 0.3) is 0 Å². The van der Waals surface area contributed by atoms with Crippen molar-refractivity contribution in [1.82, 2.24) is 10.2 Å². The summed E-state index contributed by atoms with van der Waals surface area (Å²) in [5.41, 5.74) is 0. The summed E-state index contributed by atoms with van der Waals surface area (Å²) in [7, 11) is 0. The molecule has 0 radical (unpaired) electrons. The molecule has 0 atom stereocenters. The van der Waals surface area contributed by atoms with Gasteiger partial charge in [-0.1, -0.05) is 6.92 Å². The molecule has 0 bridgehead atoms. The second kappa shape index (κ2) is 6.61.